The van der Waals surface area contributed by atoms with Gasteiger partial charge in [-0.1, -0.05) is 48.9 Å². The molecule has 1 spiro atoms. The van der Waals surface area contributed by atoms with Gasteiger partial charge in [0.1, 0.15) is 0 Å². The first kappa shape index (κ1) is 16.3. The number of aliphatic hydroxyl groups is 1. The topological polar surface area (TPSA) is 40.5 Å². The number of amides is 1. The minimum Gasteiger partial charge on any atom is -0.392 e. The summed E-state index contributed by atoms with van der Waals surface area (Å²) < 4.78 is 0. The van der Waals surface area contributed by atoms with Crippen LogP contribution in [-0.2, 0) is 0 Å². The van der Waals surface area contributed by atoms with Crippen LogP contribution in [0.25, 0.3) is 11.1 Å². The third kappa shape index (κ3) is 3.09. The summed E-state index contributed by atoms with van der Waals surface area (Å²) in [6.45, 7) is 1.49. The number of carbonyl (C=O) groups is 1. The van der Waals surface area contributed by atoms with Gasteiger partial charge in [-0.2, -0.15) is 0 Å². The van der Waals surface area contributed by atoms with E-state index in [0.29, 0.717) is 6.54 Å². The van der Waals surface area contributed by atoms with E-state index in [1.165, 1.54) is 0 Å². The second kappa shape index (κ2) is 6.64. The fraction of sp³-hybridized carbons (Fsp3) is 0.409. The van der Waals surface area contributed by atoms with E-state index in [-0.39, 0.29) is 17.4 Å². The Hall–Kier alpha value is -2.13. The Kier molecular flexibility index (Phi) is 4.34. The van der Waals surface area contributed by atoms with Crippen LogP contribution in [0, 0.1) is 5.41 Å². The van der Waals surface area contributed by atoms with Crippen LogP contribution in [-0.4, -0.2) is 35.1 Å². The molecule has 3 nitrogen and oxygen atoms in total. The van der Waals surface area contributed by atoms with Crippen LogP contribution in [0.2, 0.25) is 0 Å². The SMILES string of the molecule is O=C(c1cccc(-c2ccccc2)c1)N1CCC[C@]2(CCC[C@H]2O)C1. The lowest BCUT2D eigenvalue weighted by molar-refractivity contribution is -0.00535. The summed E-state index contributed by atoms with van der Waals surface area (Å²) in [5.74, 6) is 0.0935. The number of benzene rings is 2. The van der Waals surface area contributed by atoms with Crippen molar-refractivity contribution >= 4 is 5.91 Å². The minimum absolute atomic E-state index is 0.0645. The van der Waals surface area contributed by atoms with E-state index >= 15 is 0 Å². The van der Waals surface area contributed by atoms with Crippen molar-refractivity contribution < 1.29 is 9.90 Å². The summed E-state index contributed by atoms with van der Waals surface area (Å²) in [6, 6.07) is 18.1. The number of carbonyl (C=O) groups excluding carboxylic acids is 1. The predicted octanol–water partition coefficient (Wildman–Crippen LogP) is 4.12. The van der Waals surface area contributed by atoms with E-state index in [2.05, 4.69) is 12.1 Å². The van der Waals surface area contributed by atoms with Crippen molar-refractivity contribution in [1.29, 1.82) is 0 Å². The summed E-state index contributed by atoms with van der Waals surface area (Å²) in [4.78, 5) is 15.0. The summed E-state index contributed by atoms with van der Waals surface area (Å²) in [6.07, 6.45) is 4.78. The molecule has 0 radical (unpaired) electrons. The summed E-state index contributed by atoms with van der Waals surface area (Å²) in [5, 5.41) is 10.4. The number of hydrogen-bond donors (Lipinski definition) is 1. The van der Waals surface area contributed by atoms with Gasteiger partial charge in [-0.25, -0.2) is 0 Å². The molecule has 1 aliphatic carbocycles. The van der Waals surface area contributed by atoms with Crippen LogP contribution in [0.15, 0.2) is 54.6 Å². The van der Waals surface area contributed by atoms with E-state index in [4.69, 9.17) is 0 Å². The van der Waals surface area contributed by atoms with Gasteiger partial charge in [-0.15, -0.1) is 0 Å². The molecule has 130 valence electrons. The molecule has 2 aromatic carbocycles. The van der Waals surface area contributed by atoms with E-state index < -0.39 is 0 Å². The second-order valence-electron chi connectivity index (χ2n) is 7.55. The molecular weight excluding hydrogens is 310 g/mol. The van der Waals surface area contributed by atoms with Crippen molar-refractivity contribution in [3.05, 3.63) is 60.2 Å². The molecule has 1 saturated carbocycles. The van der Waals surface area contributed by atoms with Crippen LogP contribution in [0.3, 0.4) is 0 Å². The Morgan fingerprint density at radius 3 is 2.52 bits per heavy atom. The molecule has 1 saturated heterocycles. The smallest absolute Gasteiger partial charge is 0.253 e. The average molecular weight is 335 g/mol. The largest absolute Gasteiger partial charge is 0.392 e. The Morgan fingerprint density at radius 1 is 1.00 bits per heavy atom. The maximum absolute atomic E-state index is 13.1. The molecule has 1 amide bonds. The number of aliphatic hydroxyl groups excluding tert-OH is 1. The third-order valence-corrected chi connectivity index (χ3v) is 5.97. The molecule has 2 aliphatic rings. The van der Waals surface area contributed by atoms with Gasteiger partial charge in [0.25, 0.3) is 5.91 Å². The van der Waals surface area contributed by atoms with E-state index in [1.807, 2.05) is 47.4 Å². The van der Waals surface area contributed by atoms with Gasteiger partial charge in [-0.05, 0) is 48.9 Å². The molecule has 0 unspecified atom stereocenters. The zero-order chi connectivity index (χ0) is 17.3. The molecule has 0 bridgehead atoms. The van der Waals surface area contributed by atoms with Gasteiger partial charge in [-0.3, -0.25) is 4.79 Å². The van der Waals surface area contributed by atoms with Crippen molar-refractivity contribution in [2.75, 3.05) is 13.1 Å². The number of likely N-dealkylation sites (tertiary alicyclic amines) is 1. The first-order chi connectivity index (χ1) is 12.2. The Balaban J connectivity index is 1.57. The highest BCUT2D eigenvalue weighted by Crippen LogP contribution is 2.45. The molecule has 1 aliphatic heterocycles. The first-order valence-electron chi connectivity index (χ1n) is 9.31. The molecule has 2 fully saturated rings. The molecule has 25 heavy (non-hydrogen) atoms. The zero-order valence-electron chi connectivity index (χ0n) is 14.5. The fourth-order valence-electron chi connectivity index (χ4n) is 4.57. The van der Waals surface area contributed by atoms with Gasteiger partial charge < -0.3 is 10.0 Å². The molecule has 0 aromatic heterocycles. The number of nitrogens with zero attached hydrogens (tertiary/aromatic N) is 1. The van der Waals surface area contributed by atoms with E-state index in [1.54, 1.807) is 0 Å². The molecule has 2 aromatic rings. The molecule has 4 rings (SSSR count). The van der Waals surface area contributed by atoms with Crippen LogP contribution < -0.4 is 0 Å². The summed E-state index contributed by atoms with van der Waals surface area (Å²) in [7, 11) is 0. The van der Waals surface area contributed by atoms with E-state index in [0.717, 1.165) is 55.3 Å². The van der Waals surface area contributed by atoms with Gasteiger partial charge in [0.15, 0.2) is 0 Å². The zero-order valence-corrected chi connectivity index (χ0v) is 14.5. The van der Waals surface area contributed by atoms with Crippen LogP contribution in [0.5, 0.6) is 0 Å². The quantitative estimate of drug-likeness (QED) is 0.897. The molecule has 1 N–H and O–H groups in total. The lowest BCUT2D eigenvalue weighted by Crippen LogP contribution is -2.49. The highest BCUT2D eigenvalue weighted by atomic mass is 16.3. The summed E-state index contributed by atoms with van der Waals surface area (Å²) >= 11 is 0. The van der Waals surface area contributed by atoms with Crippen molar-refractivity contribution in [1.82, 2.24) is 4.90 Å². The standard InChI is InChI=1S/C22H25NO2/c24-20-11-5-12-22(20)13-6-14-23(16-22)21(25)19-10-4-9-18(15-19)17-7-2-1-3-8-17/h1-4,7-10,15,20,24H,5-6,11-14,16H2/t20-,22-/m1/s1. The van der Waals surface area contributed by atoms with Crippen LogP contribution in [0.1, 0.15) is 42.5 Å². The molecule has 3 heteroatoms. The molecular formula is C22H25NO2. The van der Waals surface area contributed by atoms with Crippen LogP contribution in [0.4, 0.5) is 0 Å². The van der Waals surface area contributed by atoms with E-state index in [9.17, 15) is 9.90 Å². The van der Waals surface area contributed by atoms with Crippen molar-refractivity contribution in [2.45, 2.75) is 38.2 Å². The monoisotopic (exact) mass is 335 g/mol. The first-order valence-corrected chi connectivity index (χ1v) is 9.31. The minimum atomic E-state index is -0.251. The predicted molar refractivity (Wildman–Crippen MR) is 99.3 cm³/mol. The second-order valence-corrected chi connectivity index (χ2v) is 7.55. The highest BCUT2D eigenvalue weighted by molar-refractivity contribution is 5.95. The number of hydrogen-bond acceptors (Lipinski definition) is 2. The molecule has 1 heterocycles. The Labute approximate surface area is 149 Å². The summed E-state index contributed by atoms with van der Waals surface area (Å²) in [5.41, 5.74) is 2.87. The van der Waals surface area contributed by atoms with Gasteiger partial charge in [0, 0.05) is 24.1 Å². The van der Waals surface area contributed by atoms with Crippen molar-refractivity contribution in [3.8, 4) is 11.1 Å². The van der Waals surface area contributed by atoms with Crippen molar-refractivity contribution in [2.24, 2.45) is 5.41 Å². The number of rotatable bonds is 2. The van der Waals surface area contributed by atoms with Gasteiger partial charge in [0.05, 0.1) is 6.10 Å². The van der Waals surface area contributed by atoms with Gasteiger partial charge in [0.2, 0.25) is 0 Å². The highest BCUT2D eigenvalue weighted by Gasteiger charge is 2.45. The Morgan fingerprint density at radius 2 is 1.76 bits per heavy atom. The fourth-order valence-corrected chi connectivity index (χ4v) is 4.57. The Bertz CT molecular complexity index is 758. The van der Waals surface area contributed by atoms with Crippen molar-refractivity contribution in [3.63, 3.8) is 0 Å². The lowest BCUT2D eigenvalue weighted by Gasteiger charge is -2.42. The van der Waals surface area contributed by atoms with Crippen LogP contribution >= 0.6 is 0 Å². The average Bonchev–Trinajstić information content (AvgIpc) is 3.01. The maximum atomic E-state index is 13.1. The normalized spacial score (nSPS) is 26.1. The number of piperidine rings is 1. The third-order valence-electron chi connectivity index (χ3n) is 5.97. The lowest BCUT2D eigenvalue weighted by atomic mass is 9.76. The maximum Gasteiger partial charge on any atom is 0.253 e. The molecule has 2 atom stereocenters. The van der Waals surface area contributed by atoms with Gasteiger partial charge >= 0.3 is 0 Å².